The number of carbonyl (C=O) groups is 2. The normalized spacial score (nSPS) is 15.3. The molecule has 1 aliphatic carbocycles. The SMILES string of the molecule is NC(=O)c1c2c(cc(F)c1C(=O)O)CCC(Nc1nccc(-c3cccnc3)n1)C2. The number of nitrogens with one attached hydrogen (secondary N) is 1. The summed E-state index contributed by atoms with van der Waals surface area (Å²) in [6.07, 6.45) is 6.40. The highest BCUT2D eigenvalue weighted by Gasteiger charge is 2.30. The van der Waals surface area contributed by atoms with E-state index in [1.165, 1.54) is 6.07 Å². The van der Waals surface area contributed by atoms with Crippen molar-refractivity contribution in [1.29, 1.82) is 0 Å². The molecule has 1 unspecified atom stereocenters. The number of nitrogens with zero attached hydrogens (tertiary/aromatic N) is 3. The third-order valence-electron chi connectivity index (χ3n) is 5.10. The van der Waals surface area contributed by atoms with Crippen LogP contribution in [0.15, 0.2) is 42.9 Å². The van der Waals surface area contributed by atoms with Crippen molar-refractivity contribution < 1.29 is 19.1 Å². The van der Waals surface area contributed by atoms with E-state index in [9.17, 15) is 19.1 Å². The molecule has 152 valence electrons. The van der Waals surface area contributed by atoms with E-state index in [-0.39, 0.29) is 11.6 Å². The summed E-state index contributed by atoms with van der Waals surface area (Å²) in [5.74, 6) is -3.04. The number of aromatic carboxylic acids is 1. The van der Waals surface area contributed by atoms with Crippen LogP contribution in [0.5, 0.6) is 0 Å². The lowest BCUT2D eigenvalue weighted by Crippen LogP contribution is -2.32. The van der Waals surface area contributed by atoms with Crippen LogP contribution in [0.2, 0.25) is 0 Å². The van der Waals surface area contributed by atoms with Crippen molar-refractivity contribution in [3.05, 3.63) is 70.9 Å². The largest absolute Gasteiger partial charge is 0.478 e. The van der Waals surface area contributed by atoms with Crippen molar-refractivity contribution in [1.82, 2.24) is 15.0 Å². The number of amides is 1. The summed E-state index contributed by atoms with van der Waals surface area (Å²) in [6.45, 7) is 0. The lowest BCUT2D eigenvalue weighted by molar-refractivity contribution is 0.0686. The monoisotopic (exact) mass is 407 g/mol. The lowest BCUT2D eigenvalue weighted by atomic mass is 9.83. The molecule has 9 heteroatoms. The maximum Gasteiger partial charge on any atom is 0.339 e. The zero-order valence-corrected chi connectivity index (χ0v) is 15.8. The number of anilines is 1. The minimum atomic E-state index is -1.52. The summed E-state index contributed by atoms with van der Waals surface area (Å²) < 4.78 is 14.3. The standard InChI is InChI=1S/C21H18FN5O3/c22-15-8-11-3-4-13(9-14(11)17(19(23)28)18(15)20(29)30)26-21-25-7-5-16(27-21)12-2-1-6-24-10-12/h1-2,5-8,10,13H,3-4,9H2,(H2,23,28)(H,29,30)(H,25,26,27). The fourth-order valence-electron chi connectivity index (χ4n) is 3.77. The molecule has 8 nitrogen and oxygen atoms in total. The van der Waals surface area contributed by atoms with E-state index in [2.05, 4.69) is 20.3 Å². The Morgan fingerprint density at radius 1 is 1.23 bits per heavy atom. The Bertz CT molecular complexity index is 1140. The van der Waals surface area contributed by atoms with Crippen LogP contribution < -0.4 is 11.1 Å². The summed E-state index contributed by atoms with van der Waals surface area (Å²) in [5.41, 5.74) is 7.04. The van der Waals surface area contributed by atoms with Crippen LogP contribution in [-0.4, -0.2) is 38.0 Å². The first kappa shape index (κ1) is 19.4. The molecule has 2 heterocycles. The molecule has 1 atom stereocenters. The number of rotatable bonds is 5. The summed E-state index contributed by atoms with van der Waals surface area (Å²) >= 11 is 0. The van der Waals surface area contributed by atoms with E-state index in [4.69, 9.17) is 5.73 Å². The zero-order chi connectivity index (χ0) is 21.3. The molecule has 0 spiro atoms. The molecule has 0 fully saturated rings. The first-order chi connectivity index (χ1) is 14.4. The van der Waals surface area contributed by atoms with Crippen molar-refractivity contribution in [2.24, 2.45) is 5.73 Å². The number of pyridine rings is 1. The van der Waals surface area contributed by atoms with E-state index in [0.717, 1.165) is 5.56 Å². The van der Waals surface area contributed by atoms with Gasteiger partial charge in [0, 0.05) is 30.2 Å². The third-order valence-corrected chi connectivity index (χ3v) is 5.10. The lowest BCUT2D eigenvalue weighted by Gasteiger charge is -2.27. The van der Waals surface area contributed by atoms with Crippen molar-refractivity contribution in [3.8, 4) is 11.3 Å². The second-order valence-corrected chi connectivity index (χ2v) is 7.01. The Hall–Kier alpha value is -3.88. The minimum absolute atomic E-state index is 0.174. The number of benzene rings is 1. The summed E-state index contributed by atoms with van der Waals surface area (Å²) in [5, 5.41) is 12.6. The number of hydrogen-bond acceptors (Lipinski definition) is 6. The Labute approximate surface area is 171 Å². The van der Waals surface area contributed by atoms with E-state index >= 15 is 0 Å². The van der Waals surface area contributed by atoms with Gasteiger partial charge in [0.25, 0.3) is 0 Å². The third kappa shape index (κ3) is 3.69. The van der Waals surface area contributed by atoms with Crippen LogP contribution in [0.4, 0.5) is 10.3 Å². The van der Waals surface area contributed by atoms with Gasteiger partial charge in [0.1, 0.15) is 11.4 Å². The number of primary amides is 1. The summed E-state index contributed by atoms with van der Waals surface area (Å²) in [7, 11) is 0. The van der Waals surface area contributed by atoms with Gasteiger partial charge in [0.2, 0.25) is 11.9 Å². The maximum absolute atomic E-state index is 14.3. The minimum Gasteiger partial charge on any atom is -0.478 e. The molecule has 1 aliphatic rings. The number of nitrogens with two attached hydrogens (primary N) is 1. The van der Waals surface area contributed by atoms with Gasteiger partial charge in [-0.25, -0.2) is 19.2 Å². The molecule has 0 bridgehead atoms. The molecule has 3 aromatic rings. The Morgan fingerprint density at radius 3 is 2.77 bits per heavy atom. The number of carboxylic acids is 1. The van der Waals surface area contributed by atoms with E-state index in [1.54, 1.807) is 24.7 Å². The maximum atomic E-state index is 14.3. The smallest absolute Gasteiger partial charge is 0.339 e. The summed E-state index contributed by atoms with van der Waals surface area (Å²) in [6, 6.07) is 6.48. The number of fused-ring (bicyclic) bond motifs is 1. The molecule has 30 heavy (non-hydrogen) atoms. The Balaban J connectivity index is 1.63. The molecule has 0 radical (unpaired) electrons. The topological polar surface area (TPSA) is 131 Å². The average Bonchev–Trinajstić information content (AvgIpc) is 2.73. The fourth-order valence-corrected chi connectivity index (χ4v) is 3.77. The molecule has 0 aliphatic heterocycles. The van der Waals surface area contributed by atoms with E-state index < -0.39 is 23.3 Å². The highest BCUT2D eigenvalue weighted by Crippen LogP contribution is 2.30. The Kier molecular flexibility index (Phi) is 5.09. The molecule has 1 aromatic carbocycles. The van der Waals surface area contributed by atoms with Crippen LogP contribution in [0.1, 0.15) is 38.3 Å². The first-order valence-electron chi connectivity index (χ1n) is 9.31. The molecular formula is C21H18FN5O3. The number of carbonyl (C=O) groups excluding carboxylic acids is 1. The molecule has 4 N–H and O–H groups in total. The molecule has 0 saturated heterocycles. The quantitative estimate of drug-likeness (QED) is 0.592. The van der Waals surface area contributed by atoms with Crippen LogP contribution in [0.25, 0.3) is 11.3 Å². The highest BCUT2D eigenvalue weighted by atomic mass is 19.1. The predicted molar refractivity (Wildman–Crippen MR) is 107 cm³/mol. The van der Waals surface area contributed by atoms with Gasteiger partial charge < -0.3 is 16.2 Å². The zero-order valence-electron chi connectivity index (χ0n) is 15.8. The van der Waals surface area contributed by atoms with Crippen LogP contribution in [0, 0.1) is 5.82 Å². The van der Waals surface area contributed by atoms with Crippen molar-refractivity contribution >= 4 is 17.8 Å². The Morgan fingerprint density at radius 2 is 2.07 bits per heavy atom. The van der Waals surface area contributed by atoms with E-state index in [0.29, 0.717) is 42.0 Å². The predicted octanol–water partition coefficient (Wildman–Crippen LogP) is 2.44. The van der Waals surface area contributed by atoms with Gasteiger partial charge in [-0.1, -0.05) is 0 Å². The number of aryl methyl sites for hydroxylation is 1. The second kappa shape index (κ2) is 7.86. The fraction of sp³-hybridized carbons (Fsp3) is 0.190. The van der Waals surface area contributed by atoms with Crippen molar-refractivity contribution in [3.63, 3.8) is 0 Å². The van der Waals surface area contributed by atoms with Crippen molar-refractivity contribution in [2.45, 2.75) is 25.3 Å². The van der Waals surface area contributed by atoms with Gasteiger partial charge in [-0.15, -0.1) is 0 Å². The number of aromatic nitrogens is 3. The first-order valence-corrected chi connectivity index (χ1v) is 9.31. The number of hydrogen-bond donors (Lipinski definition) is 3. The molecule has 0 saturated carbocycles. The van der Waals surface area contributed by atoms with Gasteiger partial charge in [0.05, 0.1) is 11.3 Å². The van der Waals surface area contributed by atoms with Crippen molar-refractivity contribution in [2.75, 3.05) is 5.32 Å². The molecule has 4 rings (SSSR count). The number of halogens is 1. The molecule has 1 amide bonds. The van der Waals surface area contributed by atoms with E-state index in [1.807, 2.05) is 12.1 Å². The highest BCUT2D eigenvalue weighted by molar-refractivity contribution is 6.05. The summed E-state index contributed by atoms with van der Waals surface area (Å²) in [4.78, 5) is 36.3. The van der Waals surface area contributed by atoms with Crippen LogP contribution >= 0.6 is 0 Å². The van der Waals surface area contributed by atoms with Gasteiger partial charge in [-0.05, 0) is 54.7 Å². The van der Waals surface area contributed by atoms with Crippen LogP contribution in [0.3, 0.4) is 0 Å². The van der Waals surface area contributed by atoms with Gasteiger partial charge in [-0.2, -0.15) is 0 Å². The van der Waals surface area contributed by atoms with Crippen LogP contribution in [-0.2, 0) is 12.8 Å². The average molecular weight is 407 g/mol. The van der Waals surface area contributed by atoms with Gasteiger partial charge >= 0.3 is 5.97 Å². The second-order valence-electron chi connectivity index (χ2n) is 7.01. The molecular weight excluding hydrogens is 389 g/mol. The molecule has 2 aromatic heterocycles. The van der Waals surface area contributed by atoms with Gasteiger partial charge in [-0.3, -0.25) is 9.78 Å². The number of carboxylic acid groups (broad SMARTS) is 1. The van der Waals surface area contributed by atoms with Gasteiger partial charge in [0.15, 0.2) is 0 Å².